The van der Waals surface area contributed by atoms with E-state index in [1.54, 1.807) is 0 Å². The summed E-state index contributed by atoms with van der Waals surface area (Å²) in [5.74, 6) is -1.86. The minimum Gasteiger partial charge on any atom is -0.481 e. The molecule has 1 unspecified atom stereocenters. The Kier molecular flexibility index (Phi) is 14.8. The first kappa shape index (κ1) is 56.1. The molecule has 2 bridgehead atoms. The van der Waals surface area contributed by atoms with E-state index in [4.69, 9.17) is 33.2 Å². The molecular formula is C48H76O24S. The summed E-state index contributed by atoms with van der Waals surface area (Å²) in [5, 5.41) is 132. The fourth-order valence-electron chi connectivity index (χ4n) is 16.1. The number of hydrogen-bond acceptors (Lipinski definition) is 22. The monoisotopic (exact) mass is 1070 g/mol. The van der Waals surface area contributed by atoms with Gasteiger partial charge in [-0.15, -0.1) is 0 Å². The summed E-state index contributed by atoms with van der Waals surface area (Å²) in [7, 11) is -5.25. The molecule has 24 nitrogen and oxygen atoms in total. The van der Waals surface area contributed by atoms with Crippen LogP contribution in [0.1, 0.15) is 86.0 Å². The number of allylic oxidation sites excluding steroid dienone is 1. The summed E-state index contributed by atoms with van der Waals surface area (Å²) in [6.45, 7) is 7.39. The molecule has 0 aromatic carbocycles. The second-order valence-corrected chi connectivity index (χ2v) is 24.9. The number of aliphatic hydroxyl groups is 11. The van der Waals surface area contributed by atoms with Gasteiger partial charge in [-0.3, -0.25) is 9.35 Å². The van der Waals surface area contributed by atoms with Gasteiger partial charge in [0.2, 0.25) is 0 Å². The Bertz CT molecular complexity index is 2190. The molecule has 0 radical (unpaired) electrons. The molecule has 1 spiro atoms. The van der Waals surface area contributed by atoms with Crippen molar-refractivity contribution >= 4 is 16.4 Å². The predicted molar refractivity (Wildman–Crippen MR) is 243 cm³/mol. The summed E-state index contributed by atoms with van der Waals surface area (Å²) in [6, 6.07) is 0. The van der Waals surface area contributed by atoms with E-state index >= 15 is 0 Å². The Morgan fingerprint density at radius 2 is 1.33 bits per heavy atom. The Hall–Kier alpha value is -1.64. The highest BCUT2D eigenvalue weighted by Crippen LogP contribution is 2.79. The van der Waals surface area contributed by atoms with Crippen molar-refractivity contribution < 1.29 is 116 Å². The van der Waals surface area contributed by atoms with E-state index < -0.39 is 185 Å². The maximum atomic E-state index is 12.8. The molecule has 4 saturated carbocycles. The number of carbonyl (C=O) groups is 1. The Balaban J connectivity index is 1.03. The Morgan fingerprint density at radius 1 is 0.685 bits per heavy atom. The molecule has 73 heavy (non-hydrogen) atoms. The quantitative estimate of drug-likeness (QED) is 0.0514. The maximum absolute atomic E-state index is 12.8. The molecule has 4 heterocycles. The van der Waals surface area contributed by atoms with Crippen LogP contribution in [0.3, 0.4) is 0 Å². The van der Waals surface area contributed by atoms with Crippen LogP contribution in [0.2, 0.25) is 0 Å². The number of aliphatic carboxylic acids is 1. The van der Waals surface area contributed by atoms with Gasteiger partial charge < -0.3 is 94.4 Å². The second kappa shape index (κ2) is 19.3. The van der Waals surface area contributed by atoms with Crippen molar-refractivity contribution in [3.63, 3.8) is 0 Å². The van der Waals surface area contributed by atoms with Crippen LogP contribution >= 0.6 is 0 Å². The standard InChI is InChI=1S/C48H76O24S/c1-21-29(54)36(70-39-34(59)32(57)35(23(17-50)68-39)72-73(62,63)64)37(71-38-33(58)31(56)30(55)22(16-49)67-38)40(66-21)69-28-8-9-42(2)24(43(28,3)18-51)6-10-44(4)25(42)7-11-48-26-14-46(19-52,41(60)61)12-13-47(26,20-65-48)27(53)15-45(44,48)5/h7,11,21-40,49-59H,6,8-10,12-20H2,1-5H3,(H,60,61)(H,62,63,64)/t21-,22-,23-,24-,25-,26-,27+,28+,29+,30-,31+,32-,33-,34-,35-,36+,37-,38+,39+,40+,42+,43+,44-,45+,46+,47-,48?/m1/s1. The summed E-state index contributed by atoms with van der Waals surface area (Å²) in [4.78, 5) is 12.8. The molecule has 27 atom stereocenters. The van der Waals surface area contributed by atoms with Crippen LogP contribution < -0.4 is 0 Å². The topological polar surface area (TPSA) is 388 Å². The van der Waals surface area contributed by atoms with E-state index in [0.29, 0.717) is 38.5 Å². The number of rotatable bonds is 13. The lowest BCUT2D eigenvalue weighted by atomic mass is 9.32. The van der Waals surface area contributed by atoms with E-state index in [0.717, 1.165) is 0 Å². The minimum absolute atomic E-state index is 0.149. The third-order valence-corrected chi connectivity index (χ3v) is 21.1. The first-order valence-electron chi connectivity index (χ1n) is 25.5. The first-order valence-corrected chi connectivity index (χ1v) is 26.8. The van der Waals surface area contributed by atoms with Crippen LogP contribution in [0, 0.1) is 50.2 Å². The van der Waals surface area contributed by atoms with Gasteiger partial charge in [0.15, 0.2) is 18.9 Å². The molecule has 13 N–H and O–H groups in total. The van der Waals surface area contributed by atoms with E-state index in [1.807, 2.05) is 6.92 Å². The van der Waals surface area contributed by atoms with Crippen LogP contribution in [0.5, 0.6) is 0 Å². The molecule has 4 saturated heterocycles. The highest BCUT2D eigenvalue weighted by Gasteiger charge is 2.80. The third kappa shape index (κ3) is 8.27. The zero-order valence-electron chi connectivity index (χ0n) is 41.6. The molecule has 25 heteroatoms. The number of ether oxygens (including phenoxy) is 7. The summed E-state index contributed by atoms with van der Waals surface area (Å²) in [5.41, 5.74) is -5.81. The predicted octanol–water partition coefficient (Wildman–Crippen LogP) is -2.53. The average Bonchev–Trinajstić information content (AvgIpc) is 3.63. The van der Waals surface area contributed by atoms with E-state index in [9.17, 15) is 79.0 Å². The van der Waals surface area contributed by atoms with Crippen molar-refractivity contribution in [1.29, 1.82) is 0 Å². The molecule has 4 aliphatic heterocycles. The molecule has 0 amide bonds. The fraction of sp³-hybridized carbons (Fsp3) is 0.938. The van der Waals surface area contributed by atoms with E-state index in [1.165, 1.54) is 6.92 Å². The normalized spacial score (nSPS) is 55.7. The van der Waals surface area contributed by atoms with Crippen LogP contribution in [0.4, 0.5) is 0 Å². The van der Waals surface area contributed by atoms with Crippen LogP contribution in [0.25, 0.3) is 0 Å². The van der Waals surface area contributed by atoms with Crippen molar-refractivity contribution in [3.8, 4) is 0 Å². The van der Waals surface area contributed by atoms with Gasteiger partial charge in [0, 0.05) is 22.2 Å². The average molecular weight is 1070 g/mol. The molecule has 5 aliphatic carbocycles. The maximum Gasteiger partial charge on any atom is 0.397 e. The van der Waals surface area contributed by atoms with Gasteiger partial charge in [-0.2, -0.15) is 8.42 Å². The van der Waals surface area contributed by atoms with Crippen molar-refractivity contribution in [2.75, 3.05) is 33.0 Å². The van der Waals surface area contributed by atoms with Crippen LogP contribution in [-0.4, -0.2) is 223 Å². The molecule has 9 rings (SSSR count). The molecule has 0 aromatic heterocycles. The van der Waals surface area contributed by atoms with Crippen molar-refractivity contribution in [2.45, 2.75) is 196 Å². The SMILES string of the molecule is C[C@H]1O[C@@H](O[C@H]2CC[C@@]3(C)[C@@H](CC[C@]4(C)[C@@H]3C=CC35OC[C@@]6(CC[C@](CO)(C(=O)O)C[C@@H]36)[C@@H](O)C[C@]54C)[C@]2(C)CO)[C@H](O[C@@H]2O[C@H](CO)[C@@H](O)[C@H](O)[C@H]2O)[C@@H](O[C@@H]2O[C@H](CO)[C@@H](OS(=O)(=O)O)[C@H](O)[C@H]2O)[C@H]1O. The van der Waals surface area contributed by atoms with Gasteiger partial charge >= 0.3 is 16.4 Å². The van der Waals surface area contributed by atoms with Crippen LogP contribution in [0.15, 0.2) is 12.2 Å². The van der Waals surface area contributed by atoms with Crippen molar-refractivity contribution in [2.24, 2.45) is 50.2 Å². The zero-order chi connectivity index (χ0) is 53.4. The lowest BCUT2D eigenvalue weighted by Gasteiger charge is -2.73. The summed E-state index contributed by atoms with van der Waals surface area (Å²) < 4.78 is 81.0. The Labute approximate surface area is 423 Å². The van der Waals surface area contributed by atoms with Gasteiger partial charge in [0.05, 0.1) is 62.4 Å². The van der Waals surface area contributed by atoms with Gasteiger partial charge in [-0.1, -0.05) is 39.8 Å². The zero-order valence-corrected chi connectivity index (χ0v) is 42.4. The summed E-state index contributed by atoms with van der Waals surface area (Å²) in [6.07, 6.45) is -21.4. The molecule has 8 fully saturated rings. The van der Waals surface area contributed by atoms with Gasteiger partial charge in [-0.05, 0) is 81.0 Å². The number of carboxylic acid groups (broad SMARTS) is 1. The molecular weight excluding hydrogens is 993 g/mol. The van der Waals surface area contributed by atoms with Gasteiger partial charge in [0.1, 0.15) is 67.1 Å². The van der Waals surface area contributed by atoms with Crippen molar-refractivity contribution in [3.05, 3.63) is 12.2 Å². The van der Waals surface area contributed by atoms with Crippen LogP contribution in [-0.2, 0) is 52.5 Å². The van der Waals surface area contributed by atoms with E-state index in [-0.39, 0.29) is 37.2 Å². The van der Waals surface area contributed by atoms with Gasteiger partial charge in [-0.25, -0.2) is 4.18 Å². The fourth-order valence-corrected chi connectivity index (χ4v) is 16.7. The van der Waals surface area contributed by atoms with E-state index in [2.05, 4.69) is 37.1 Å². The molecule has 418 valence electrons. The smallest absolute Gasteiger partial charge is 0.397 e. The minimum atomic E-state index is -5.25. The largest absolute Gasteiger partial charge is 0.481 e. The number of hydrogen-bond donors (Lipinski definition) is 13. The number of carboxylic acids is 1. The lowest BCUT2D eigenvalue weighted by Crippen LogP contribution is -2.73. The number of fused-ring (bicyclic) bond motifs is 4. The number of aliphatic hydroxyl groups excluding tert-OH is 11. The molecule has 9 aliphatic rings. The first-order chi connectivity index (χ1) is 34.1. The Morgan fingerprint density at radius 3 is 1.95 bits per heavy atom. The highest BCUT2D eigenvalue weighted by molar-refractivity contribution is 7.80. The lowest BCUT2D eigenvalue weighted by molar-refractivity contribution is -0.397. The van der Waals surface area contributed by atoms with Gasteiger partial charge in [0.25, 0.3) is 0 Å². The third-order valence-electron chi connectivity index (χ3n) is 20.6. The second-order valence-electron chi connectivity index (χ2n) is 23.8. The molecule has 0 aromatic rings. The summed E-state index contributed by atoms with van der Waals surface area (Å²) >= 11 is 0. The van der Waals surface area contributed by atoms with Crippen molar-refractivity contribution in [1.82, 2.24) is 0 Å². The highest BCUT2D eigenvalue weighted by atomic mass is 32.3.